The molecule has 1 aromatic rings. The third-order valence-corrected chi connectivity index (χ3v) is 3.81. The molecule has 1 aliphatic rings. The summed E-state index contributed by atoms with van der Waals surface area (Å²) in [6.07, 6.45) is -11.4. The van der Waals surface area contributed by atoms with Crippen LogP contribution in [0.2, 0.25) is 0 Å². The molecular weight excluding hydrogens is 312 g/mol. The van der Waals surface area contributed by atoms with Gasteiger partial charge in [-0.05, 0) is 31.0 Å². The smallest absolute Gasteiger partial charge is 0.382 e. The molecule has 0 aliphatic carbocycles. The minimum atomic E-state index is -4.78. The van der Waals surface area contributed by atoms with Crippen molar-refractivity contribution >= 4 is 0 Å². The standard InChI is InChI=1S/C14H15F6NO/c15-13(16,17)10-5-2-1-4-9(10)8-21-7-3-6-11(21)12(22)14(18,19)20/h1-2,4-5,11-12,22H,3,6-8H2. The van der Waals surface area contributed by atoms with Crippen molar-refractivity contribution in [1.29, 1.82) is 0 Å². The fraction of sp³-hybridized carbons (Fsp3) is 0.571. The molecule has 0 aromatic heterocycles. The van der Waals surface area contributed by atoms with Crippen LogP contribution in [-0.2, 0) is 12.7 Å². The topological polar surface area (TPSA) is 23.5 Å². The first-order valence-corrected chi connectivity index (χ1v) is 6.74. The third kappa shape index (κ3) is 3.73. The number of likely N-dealkylation sites (tertiary alicyclic amines) is 1. The van der Waals surface area contributed by atoms with Crippen molar-refractivity contribution in [2.24, 2.45) is 0 Å². The van der Waals surface area contributed by atoms with Crippen molar-refractivity contribution in [3.63, 3.8) is 0 Å². The van der Waals surface area contributed by atoms with E-state index in [1.165, 1.54) is 23.1 Å². The van der Waals surface area contributed by atoms with Crippen LogP contribution in [0.25, 0.3) is 0 Å². The molecule has 0 saturated carbocycles. The van der Waals surface area contributed by atoms with Crippen LogP contribution in [0.3, 0.4) is 0 Å². The third-order valence-electron chi connectivity index (χ3n) is 3.81. The Balaban J connectivity index is 2.20. The van der Waals surface area contributed by atoms with Gasteiger partial charge < -0.3 is 5.11 Å². The molecule has 1 aromatic carbocycles. The predicted molar refractivity (Wildman–Crippen MR) is 66.9 cm³/mol. The highest BCUT2D eigenvalue weighted by molar-refractivity contribution is 5.29. The Morgan fingerprint density at radius 2 is 1.77 bits per heavy atom. The highest BCUT2D eigenvalue weighted by atomic mass is 19.4. The molecule has 1 N–H and O–H groups in total. The van der Waals surface area contributed by atoms with E-state index in [0.29, 0.717) is 6.42 Å². The van der Waals surface area contributed by atoms with Crippen LogP contribution < -0.4 is 0 Å². The lowest BCUT2D eigenvalue weighted by molar-refractivity contribution is -0.219. The van der Waals surface area contributed by atoms with Gasteiger partial charge in [0.2, 0.25) is 0 Å². The van der Waals surface area contributed by atoms with Gasteiger partial charge in [0.15, 0.2) is 6.10 Å². The van der Waals surface area contributed by atoms with E-state index in [9.17, 15) is 31.4 Å². The predicted octanol–water partition coefficient (Wildman–Crippen LogP) is 3.59. The molecule has 0 amide bonds. The van der Waals surface area contributed by atoms with Crippen molar-refractivity contribution in [3.05, 3.63) is 35.4 Å². The fourth-order valence-corrected chi connectivity index (χ4v) is 2.78. The molecule has 1 saturated heterocycles. The summed E-state index contributed by atoms with van der Waals surface area (Å²) >= 11 is 0. The van der Waals surface area contributed by atoms with E-state index < -0.39 is 30.1 Å². The van der Waals surface area contributed by atoms with E-state index in [4.69, 9.17) is 0 Å². The molecule has 0 bridgehead atoms. The quantitative estimate of drug-likeness (QED) is 0.858. The number of hydrogen-bond acceptors (Lipinski definition) is 2. The first-order chi connectivity index (χ1) is 10.1. The number of rotatable bonds is 3. The molecule has 124 valence electrons. The Kier molecular flexibility index (Phi) is 4.72. The average Bonchev–Trinajstić information content (AvgIpc) is 2.84. The number of benzene rings is 1. The van der Waals surface area contributed by atoms with Gasteiger partial charge in [0.1, 0.15) is 0 Å². The molecule has 1 fully saturated rings. The largest absolute Gasteiger partial charge is 0.416 e. The van der Waals surface area contributed by atoms with Gasteiger partial charge >= 0.3 is 12.4 Å². The lowest BCUT2D eigenvalue weighted by Crippen LogP contribution is -2.46. The van der Waals surface area contributed by atoms with E-state index in [1.807, 2.05) is 0 Å². The number of aliphatic hydroxyl groups excluding tert-OH is 1. The van der Waals surface area contributed by atoms with Crippen LogP contribution in [0.1, 0.15) is 24.0 Å². The first kappa shape index (κ1) is 17.1. The Bertz CT molecular complexity index is 513. The molecule has 2 atom stereocenters. The van der Waals surface area contributed by atoms with Crippen molar-refractivity contribution in [1.82, 2.24) is 4.90 Å². The summed E-state index contributed by atoms with van der Waals surface area (Å²) in [6, 6.07) is 3.59. The van der Waals surface area contributed by atoms with Gasteiger partial charge in [-0.1, -0.05) is 18.2 Å². The number of aliphatic hydroxyl groups is 1. The van der Waals surface area contributed by atoms with Gasteiger partial charge in [-0.25, -0.2) is 0 Å². The van der Waals surface area contributed by atoms with E-state index in [2.05, 4.69) is 0 Å². The molecule has 2 rings (SSSR count). The van der Waals surface area contributed by atoms with Crippen LogP contribution in [0.4, 0.5) is 26.3 Å². The van der Waals surface area contributed by atoms with E-state index in [-0.39, 0.29) is 25.1 Å². The molecule has 1 aliphatic heterocycles. The molecule has 0 spiro atoms. The van der Waals surface area contributed by atoms with Crippen LogP contribution >= 0.6 is 0 Å². The zero-order valence-corrected chi connectivity index (χ0v) is 11.5. The summed E-state index contributed by atoms with van der Waals surface area (Å²) in [4.78, 5) is 1.27. The minimum Gasteiger partial charge on any atom is -0.382 e. The second-order valence-electron chi connectivity index (χ2n) is 5.32. The Labute approximate surface area is 123 Å². The van der Waals surface area contributed by atoms with E-state index in [0.717, 1.165) is 6.07 Å². The average molecular weight is 327 g/mol. The van der Waals surface area contributed by atoms with Crippen LogP contribution in [0.15, 0.2) is 24.3 Å². The second kappa shape index (κ2) is 6.08. The van der Waals surface area contributed by atoms with Crippen molar-refractivity contribution in [2.75, 3.05) is 6.54 Å². The second-order valence-corrected chi connectivity index (χ2v) is 5.32. The van der Waals surface area contributed by atoms with Crippen LogP contribution in [0.5, 0.6) is 0 Å². The lowest BCUT2D eigenvalue weighted by Gasteiger charge is -2.30. The lowest BCUT2D eigenvalue weighted by atomic mass is 10.0. The maximum absolute atomic E-state index is 12.9. The van der Waals surface area contributed by atoms with Crippen molar-refractivity contribution < 1.29 is 31.4 Å². The maximum atomic E-state index is 12.9. The van der Waals surface area contributed by atoms with Gasteiger partial charge in [-0.3, -0.25) is 4.90 Å². The van der Waals surface area contributed by atoms with Crippen molar-refractivity contribution in [2.45, 2.75) is 43.9 Å². The zero-order valence-electron chi connectivity index (χ0n) is 11.5. The minimum absolute atomic E-state index is 0.0868. The molecule has 8 heteroatoms. The summed E-state index contributed by atoms with van der Waals surface area (Å²) in [5.74, 6) is 0. The molecular formula is C14H15F6NO. The van der Waals surface area contributed by atoms with E-state index >= 15 is 0 Å². The summed E-state index contributed by atoms with van der Waals surface area (Å²) in [5.41, 5.74) is -0.946. The molecule has 2 nitrogen and oxygen atoms in total. The summed E-state index contributed by atoms with van der Waals surface area (Å²) in [6.45, 7) is -0.0442. The summed E-state index contributed by atoms with van der Waals surface area (Å²) < 4.78 is 76.6. The number of nitrogens with zero attached hydrogens (tertiary/aromatic N) is 1. The highest BCUT2D eigenvalue weighted by Gasteiger charge is 2.47. The van der Waals surface area contributed by atoms with Gasteiger partial charge in [0.05, 0.1) is 5.56 Å². The van der Waals surface area contributed by atoms with Gasteiger partial charge in [0.25, 0.3) is 0 Å². The number of halogens is 6. The number of hydrogen-bond donors (Lipinski definition) is 1. The summed E-state index contributed by atoms with van der Waals surface area (Å²) in [5, 5.41) is 9.37. The van der Waals surface area contributed by atoms with Crippen LogP contribution in [0, 0.1) is 0 Å². The van der Waals surface area contributed by atoms with Gasteiger partial charge in [-0.2, -0.15) is 26.3 Å². The summed E-state index contributed by atoms with van der Waals surface area (Å²) in [7, 11) is 0. The number of alkyl halides is 6. The Morgan fingerprint density at radius 1 is 1.14 bits per heavy atom. The fourth-order valence-electron chi connectivity index (χ4n) is 2.78. The zero-order chi connectivity index (χ0) is 16.5. The SMILES string of the molecule is OC(C1CCCN1Cc1ccccc1C(F)(F)F)C(F)(F)F. The van der Waals surface area contributed by atoms with Gasteiger partial charge in [-0.15, -0.1) is 0 Å². The molecule has 1 heterocycles. The highest BCUT2D eigenvalue weighted by Crippen LogP contribution is 2.35. The van der Waals surface area contributed by atoms with Gasteiger partial charge in [0, 0.05) is 12.6 Å². The van der Waals surface area contributed by atoms with Crippen LogP contribution in [-0.4, -0.2) is 34.9 Å². The molecule has 22 heavy (non-hydrogen) atoms. The Morgan fingerprint density at radius 3 is 2.36 bits per heavy atom. The molecule has 2 unspecified atom stereocenters. The normalized spacial score (nSPS) is 22.0. The maximum Gasteiger partial charge on any atom is 0.416 e. The van der Waals surface area contributed by atoms with E-state index in [1.54, 1.807) is 0 Å². The molecule has 0 radical (unpaired) electrons. The first-order valence-electron chi connectivity index (χ1n) is 6.74. The monoisotopic (exact) mass is 327 g/mol. The van der Waals surface area contributed by atoms with Crippen molar-refractivity contribution in [3.8, 4) is 0 Å². The Hall–Kier alpha value is -1.28.